The molecule has 1 aliphatic rings. The highest BCUT2D eigenvalue weighted by Crippen LogP contribution is 2.31. The van der Waals surface area contributed by atoms with Gasteiger partial charge >= 0.3 is 0 Å². The van der Waals surface area contributed by atoms with Crippen LogP contribution in [0.2, 0.25) is 0 Å². The summed E-state index contributed by atoms with van der Waals surface area (Å²) >= 11 is 0. The first-order valence-corrected chi connectivity index (χ1v) is 5.95. The molecule has 0 saturated heterocycles. The second-order valence-corrected chi connectivity index (χ2v) is 4.94. The number of aromatic amines is 1. The molecule has 1 amide bonds. The van der Waals surface area contributed by atoms with Crippen molar-refractivity contribution in [3.05, 3.63) is 12.2 Å². The fourth-order valence-corrected chi connectivity index (χ4v) is 2.44. The quantitative estimate of drug-likeness (QED) is 0.714. The summed E-state index contributed by atoms with van der Waals surface area (Å²) in [5, 5.41) is 19.1. The van der Waals surface area contributed by atoms with E-state index >= 15 is 0 Å². The first-order chi connectivity index (χ1) is 8.09. The molecule has 6 heteroatoms. The van der Waals surface area contributed by atoms with E-state index in [0.29, 0.717) is 5.92 Å². The summed E-state index contributed by atoms with van der Waals surface area (Å²) in [7, 11) is 0. The molecule has 0 aromatic carbocycles. The monoisotopic (exact) mass is 238 g/mol. The van der Waals surface area contributed by atoms with Crippen LogP contribution < -0.4 is 5.32 Å². The molecule has 2 atom stereocenters. The third-order valence-electron chi connectivity index (χ3n) is 3.28. The van der Waals surface area contributed by atoms with Gasteiger partial charge in [-0.15, -0.1) is 0 Å². The molecule has 3 N–H and O–H groups in total. The topological polar surface area (TPSA) is 90.9 Å². The molecule has 0 aliphatic heterocycles. The number of carbonyl (C=O) groups excluding carboxylic acids is 1. The predicted molar refractivity (Wildman–Crippen MR) is 61.3 cm³/mol. The van der Waals surface area contributed by atoms with Crippen molar-refractivity contribution in [3.8, 4) is 0 Å². The van der Waals surface area contributed by atoms with Gasteiger partial charge in [-0.05, 0) is 18.8 Å². The second-order valence-electron chi connectivity index (χ2n) is 4.94. The zero-order valence-electron chi connectivity index (χ0n) is 9.94. The van der Waals surface area contributed by atoms with E-state index < -0.39 is 5.60 Å². The van der Waals surface area contributed by atoms with Gasteiger partial charge in [-0.25, -0.2) is 4.98 Å². The van der Waals surface area contributed by atoms with Crippen LogP contribution in [0.4, 0.5) is 0 Å². The Labute approximate surface area is 99.8 Å². The summed E-state index contributed by atoms with van der Waals surface area (Å²) in [6.07, 6.45) is 4.93. The Bertz CT molecular complexity index is 379. The minimum absolute atomic E-state index is 0.178. The van der Waals surface area contributed by atoms with Gasteiger partial charge in [0.1, 0.15) is 6.33 Å². The standard InChI is InChI=1S/C11H18N4O2/c1-8-3-2-4-11(17,5-8)6-12-10(16)9-13-7-14-15-9/h7-8,17H,2-6H2,1H3,(H,12,16)(H,13,14,15). The highest BCUT2D eigenvalue weighted by atomic mass is 16.3. The zero-order chi connectivity index (χ0) is 12.3. The third-order valence-corrected chi connectivity index (χ3v) is 3.28. The van der Waals surface area contributed by atoms with Crippen molar-refractivity contribution in [2.45, 2.75) is 38.2 Å². The van der Waals surface area contributed by atoms with Gasteiger partial charge in [0.25, 0.3) is 5.91 Å². The molecule has 0 bridgehead atoms. The molecule has 1 fully saturated rings. The molecule has 2 unspecified atom stereocenters. The Morgan fingerprint density at radius 2 is 2.59 bits per heavy atom. The van der Waals surface area contributed by atoms with Gasteiger partial charge in [0, 0.05) is 6.54 Å². The number of aliphatic hydroxyl groups is 1. The van der Waals surface area contributed by atoms with E-state index in [1.54, 1.807) is 0 Å². The zero-order valence-corrected chi connectivity index (χ0v) is 9.94. The molecule has 6 nitrogen and oxygen atoms in total. The van der Waals surface area contributed by atoms with Crippen LogP contribution >= 0.6 is 0 Å². The molecular formula is C11H18N4O2. The number of aromatic nitrogens is 3. The van der Waals surface area contributed by atoms with Crippen LogP contribution in [0, 0.1) is 5.92 Å². The number of rotatable bonds is 3. The number of hydrogen-bond acceptors (Lipinski definition) is 4. The van der Waals surface area contributed by atoms with Crippen molar-refractivity contribution in [1.29, 1.82) is 0 Å². The minimum atomic E-state index is -0.770. The number of hydrogen-bond donors (Lipinski definition) is 3. The van der Waals surface area contributed by atoms with Crippen LogP contribution in [-0.4, -0.2) is 38.3 Å². The molecule has 1 aromatic heterocycles. The molecule has 17 heavy (non-hydrogen) atoms. The normalized spacial score (nSPS) is 28.9. The van der Waals surface area contributed by atoms with Crippen molar-refractivity contribution in [1.82, 2.24) is 20.5 Å². The van der Waals surface area contributed by atoms with E-state index in [1.807, 2.05) is 0 Å². The number of nitrogens with zero attached hydrogens (tertiary/aromatic N) is 2. The third kappa shape index (κ3) is 3.03. The molecule has 94 valence electrons. The van der Waals surface area contributed by atoms with Gasteiger partial charge in [0.2, 0.25) is 5.82 Å². The van der Waals surface area contributed by atoms with Gasteiger partial charge in [-0.3, -0.25) is 9.89 Å². The lowest BCUT2D eigenvalue weighted by atomic mass is 9.79. The summed E-state index contributed by atoms with van der Waals surface area (Å²) in [5.74, 6) is 0.363. The molecule has 2 rings (SSSR count). The van der Waals surface area contributed by atoms with Gasteiger partial charge < -0.3 is 10.4 Å². The van der Waals surface area contributed by atoms with Crippen LogP contribution in [0.1, 0.15) is 43.2 Å². The van der Waals surface area contributed by atoms with Gasteiger partial charge in [0.05, 0.1) is 5.60 Å². The van der Waals surface area contributed by atoms with Crippen molar-refractivity contribution < 1.29 is 9.90 Å². The fraction of sp³-hybridized carbons (Fsp3) is 0.727. The summed E-state index contributed by atoms with van der Waals surface area (Å²) in [6, 6.07) is 0. The van der Waals surface area contributed by atoms with E-state index in [1.165, 1.54) is 6.33 Å². The Balaban J connectivity index is 1.87. The van der Waals surface area contributed by atoms with Crippen LogP contribution in [0.5, 0.6) is 0 Å². The lowest BCUT2D eigenvalue weighted by Gasteiger charge is -2.35. The minimum Gasteiger partial charge on any atom is -0.388 e. The van der Waals surface area contributed by atoms with Crippen molar-refractivity contribution >= 4 is 5.91 Å². The molecule has 0 spiro atoms. The number of H-pyrrole nitrogens is 1. The number of nitrogens with one attached hydrogen (secondary N) is 2. The van der Waals surface area contributed by atoms with Crippen molar-refractivity contribution in [3.63, 3.8) is 0 Å². The van der Waals surface area contributed by atoms with E-state index in [2.05, 4.69) is 27.4 Å². The predicted octanol–water partition coefficient (Wildman–Crippen LogP) is 0.476. The molecule has 1 aliphatic carbocycles. The summed E-state index contributed by atoms with van der Waals surface area (Å²) in [4.78, 5) is 15.4. The van der Waals surface area contributed by atoms with Crippen molar-refractivity contribution in [2.75, 3.05) is 6.54 Å². The number of amides is 1. The molecule has 1 heterocycles. The Hall–Kier alpha value is -1.43. The molecular weight excluding hydrogens is 220 g/mol. The van der Waals surface area contributed by atoms with Crippen LogP contribution in [0.3, 0.4) is 0 Å². The molecule has 1 saturated carbocycles. The van der Waals surface area contributed by atoms with E-state index in [9.17, 15) is 9.90 Å². The second kappa shape index (κ2) is 4.83. The fourth-order valence-electron chi connectivity index (χ4n) is 2.44. The lowest BCUT2D eigenvalue weighted by molar-refractivity contribution is -0.0110. The Morgan fingerprint density at radius 3 is 3.24 bits per heavy atom. The van der Waals surface area contributed by atoms with E-state index in [0.717, 1.165) is 25.7 Å². The van der Waals surface area contributed by atoms with E-state index in [-0.39, 0.29) is 18.3 Å². The van der Waals surface area contributed by atoms with Gasteiger partial charge in [-0.1, -0.05) is 19.8 Å². The largest absolute Gasteiger partial charge is 0.388 e. The lowest BCUT2D eigenvalue weighted by Crippen LogP contribution is -2.46. The summed E-state index contributed by atoms with van der Waals surface area (Å²) in [5.41, 5.74) is -0.770. The highest BCUT2D eigenvalue weighted by Gasteiger charge is 2.33. The SMILES string of the molecule is CC1CCCC(O)(CNC(=O)c2ncn[nH]2)C1. The van der Waals surface area contributed by atoms with Crippen LogP contribution in [0.15, 0.2) is 6.33 Å². The van der Waals surface area contributed by atoms with Gasteiger partial charge in [0.15, 0.2) is 0 Å². The highest BCUT2D eigenvalue weighted by molar-refractivity contribution is 5.90. The molecule has 0 radical (unpaired) electrons. The average Bonchev–Trinajstić information content (AvgIpc) is 2.79. The average molecular weight is 238 g/mol. The summed E-state index contributed by atoms with van der Waals surface area (Å²) in [6.45, 7) is 2.40. The first-order valence-electron chi connectivity index (χ1n) is 5.95. The smallest absolute Gasteiger partial charge is 0.288 e. The molecule has 1 aromatic rings. The summed E-state index contributed by atoms with van der Waals surface area (Å²) < 4.78 is 0. The maximum atomic E-state index is 11.6. The van der Waals surface area contributed by atoms with E-state index in [4.69, 9.17) is 0 Å². The van der Waals surface area contributed by atoms with Crippen molar-refractivity contribution in [2.24, 2.45) is 5.92 Å². The maximum Gasteiger partial charge on any atom is 0.288 e. The first kappa shape index (κ1) is 12.0. The van der Waals surface area contributed by atoms with Crippen LogP contribution in [-0.2, 0) is 0 Å². The van der Waals surface area contributed by atoms with Crippen LogP contribution in [0.25, 0.3) is 0 Å². The number of carbonyl (C=O) groups is 1. The Kier molecular flexibility index (Phi) is 3.42. The Morgan fingerprint density at radius 1 is 1.76 bits per heavy atom. The van der Waals surface area contributed by atoms with Gasteiger partial charge in [-0.2, -0.15) is 5.10 Å². The maximum absolute atomic E-state index is 11.6.